The first kappa shape index (κ1) is 26.5. The van der Waals surface area contributed by atoms with Crippen LogP contribution in [0.1, 0.15) is 58.0 Å². The number of fused-ring (bicyclic) bond motifs is 1. The normalized spacial score (nSPS) is 13.4. The highest BCUT2D eigenvalue weighted by atomic mass is 32.1. The molecule has 2 heterocycles. The number of aromatic nitrogens is 2. The van der Waals surface area contributed by atoms with E-state index in [1.165, 1.54) is 16.9 Å². The fraction of sp³-hybridized carbons (Fsp3) is 0.556. The number of aromatic amines is 1. The molecule has 0 aliphatic carbocycles. The average molecular weight is 486 g/mol. The van der Waals surface area contributed by atoms with Crippen molar-refractivity contribution in [3.8, 4) is 11.1 Å². The van der Waals surface area contributed by atoms with Gasteiger partial charge in [-0.2, -0.15) is 0 Å². The molecule has 0 saturated heterocycles. The smallest absolute Gasteiger partial charge is 0.260 e. The van der Waals surface area contributed by atoms with Crippen molar-refractivity contribution < 1.29 is 9.84 Å². The van der Waals surface area contributed by atoms with E-state index in [4.69, 9.17) is 9.72 Å². The van der Waals surface area contributed by atoms with Gasteiger partial charge in [-0.05, 0) is 64.6 Å². The molecule has 7 heteroatoms. The molecule has 0 spiro atoms. The summed E-state index contributed by atoms with van der Waals surface area (Å²) in [6.07, 6.45) is 0.384. The van der Waals surface area contributed by atoms with Crippen LogP contribution in [0, 0.1) is 19.8 Å². The summed E-state index contributed by atoms with van der Waals surface area (Å²) in [4.78, 5) is 23.8. The third kappa shape index (κ3) is 7.22. The van der Waals surface area contributed by atoms with E-state index < -0.39 is 6.10 Å². The van der Waals surface area contributed by atoms with Crippen molar-refractivity contribution in [1.29, 1.82) is 0 Å². The lowest BCUT2D eigenvalue weighted by Gasteiger charge is -2.27. The van der Waals surface area contributed by atoms with E-state index in [9.17, 15) is 9.90 Å². The van der Waals surface area contributed by atoms with Crippen LogP contribution in [0.2, 0.25) is 0 Å². The van der Waals surface area contributed by atoms with E-state index in [0.717, 1.165) is 34.5 Å². The number of H-pyrrole nitrogens is 1. The van der Waals surface area contributed by atoms with Crippen LogP contribution in [-0.2, 0) is 11.3 Å². The first-order valence-electron chi connectivity index (χ1n) is 12.1. The summed E-state index contributed by atoms with van der Waals surface area (Å²) >= 11 is 1.50. The first-order valence-corrected chi connectivity index (χ1v) is 12.9. The average Bonchev–Trinajstić information content (AvgIpc) is 3.14. The Morgan fingerprint density at radius 2 is 1.94 bits per heavy atom. The van der Waals surface area contributed by atoms with Crippen molar-refractivity contribution in [3.63, 3.8) is 0 Å². The summed E-state index contributed by atoms with van der Waals surface area (Å²) < 4.78 is 5.76. The lowest BCUT2D eigenvalue weighted by atomic mass is 9.99. The minimum absolute atomic E-state index is 0.114. The molecule has 2 aromatic heterocycles. The molecule has 3 rings (SSSR count). The van der Waals surface area contributed by atoms with Gasteiger partial charge in [-0.25, -0.2) is 4.98 Å². The predicted molar refractivity (Wildman–Crippen MR) is 142 cm³/mol. The van der Waals surface area contributed by atoms with Crippen LogP contribution in [-0.4, -0.2) is 51.4 Å². The zero-order chi connectivity index (χ0) is 25.0. The number of ether oxygens (including phenoxy) is 1. The van der Waals surface area contributed by atoms with Crippen molar-refractivity contribution >= 4 is 21.6 Å². The summed E-state index contributed by atoms with van der Waals surface area (Å²) in [5.74, 6) is 1.16. The van der Waals surface area contributed by atoms with Gasteiger partial charge in [-0.15, -0.1) is 11.3 Å². The highest BCUT2D eigenvalue weighted by Gasteiger charge is 2.19. The highest BCUT2D eigenvalue weighted by molar-refractivity contribution is 7.17. The molecule has 0 amide bonds. The molecule has 0 aliphatic heterocycles. The van der Waals surface area contributed by atoms with Gasteiger partial charge < -0.3 is 14.8 Å². The fourth-order valence-corrected chi connectivity index (χ4v) is 4.92. The molecule has 1 unspecified atom stereocenters. The highest BCUT2D eigenvalue weighted by Crippen LogP contribution is 2.33. The van der Waals surface area contributed by atoms with Crippen LogP contribution in [0.15, 0.2) is 28.4 Å². The van der Waals surface area contributed by atoms with E-state index in [2.05, 4.69) is 55.8 Å². The molecular weight excluding hydrogens is 446 g/mol. The van der Waals surface area contributed by atoms with Gasteiger partial charge in [0.05, 0.1) is 30.2 Å². The van der Waals surface area contributed by atoms with Crippen LogP contribution in [0.4, 0.5) is 0 Å². The zero-order valence-electron chi connectivity index (χ0n) is 21.6. The first-order chi connectivity index (χ1) is 15.9. The summed E-state index contributed by atoms with van der Waals surface area (Å²) in [5.41, 5.74) is 3.94. The van der Waals surface area contributed by atoms with Gasteiger partial charge in [0.1, 0.15) is 10.7 Å². The SMILES string of the molecule is Cc1ccc(-c2csc3nc(CN(CCC(C)C)CC(O)COC(C)(C)C)[nH]c(=O)c23)c(C)c1. The van der Waals surface area contributed by atoms with Crippen molar-refractivity contribution in [2.45, 2.75) is 73.1 Å². The number of nitrogens with one attached hydrogen (secondary N) is 1. The number of rotatable bonds is 10. The van der Waals surface area contributed by atoms with E-state index in [-0.39, 0.29) is 17.8 Å². The molecule has 2 N–H and O–H groups in total. The van der Waals surface area contributed by atoms with Gasteiger partial charge in [0, 0.05) is 17.5 Å². The third-order valence-corrected chi connectivity index (χ3v) is 6.61. The maximum atomic E-state index is 13.1. The topological polar surface area (TPSA) is 78.5 Å². The number of nitrogens with zero attached hydrogens (tertiary/aromatic N) is 2. The van der Waals surface area contributed by atoms with Crippen LogP contribution in [0.3, 0.4) is 0 Å². The molecule has 1 aromatic carbocycles. The van der Waals surface area contributed by atoms with E-state index in [1.807, 2.05) is 26.2 Å². The Morgan fingerprint density at radius 1 is 1.21 bits per heavy atom. The molecule has 0 fully saturated rings. The number of aryl methyl sites for hydroxylation is 2. The lowest BCUT2D eigenvalue weighted by molar-refractivity contribution is -0.0570. The van der Waals surface area contributed by atoms with Crippen LogP contribution < -0.4 is 5.56 Å². The molecule has 0 radical (unpaired) electrons. The van der Waals surface area contributed by atoms with Gasteiger partial charge in [0.2, 0.25) is 0 Å². The van der Waals surface area contributed by atoms with Crippen molar-refractivity contribution in [2.24, 2.45) is 5.92 Å². The molecule has 1 atom stereocenters. The monoisotopic (exact) mass is 485 g/mol. The molecule has 34 heavy (non-hydrogen) atoms. The van der Waals surface area contributed by atoms with Crippen molar-refractivity contribution in [2.75, 3.05) is 19.7 Å². The third-order valence-electron chi connectivity index (χ3n) is 5.74. The van der Waals surface area contributed by atoms with Crippen LogP contribution in [0.5, 0.6) is 0 Å². The molecule has 186 valence electrons. The maximum Gasteiger partial charge on any atom is 0.260 e. The number of aliphatic hydroxyl groups is 1. The Morgan fingerprint density at radius 3 is 2.59 bits per heavy atom. The largest absolute Gasteiger partial charge is 0.389 e. The minimum Gasteiger partial charge on any atom is -0.389 e. The molecule has 0 saturated carbocycles. The fourth-order valence-electron chi connectivity index (χ4n) is 3.97. The van der Waals surface area contributed by atoms with Gasteiger partial charge in [-0.1, -0.05) is 37.6 Å². The second-order valence-corrected chi connectivity index (χ2v) is 11.5. The number of benzene rings is 1. The second-order valence-electron chi connectivity index (χ2n) is 10.7. The summed E-state index contributed by atoms with van der Waals surface area (Å²) in [6, 6.07) is 6.29. The molecule has 3 aromatic rings. The number of hydrogen-bond acceptors (Lipinski definition) is 6. The minimum atomic E-state index is -0.611. The Balaban J connectivity index is 1.83. The quantitative estimate of drug-likeness (QED) is 0.408. The summed E-state index contributed by atoms with van der Waals surface area (Å²) in [7, 11) is 0. The van der Waals surface area contributed by atoms with Gasteiger partial charge in [0.15, 0.2) is 0 Å². The zero-order valence-corrected chi connectivity index (χ0v) is 22.4. The van der Waals surface area contributed by atoms with E-state index in [0.29, 0.717) is 30.2 Å². The predicted octanol–water partition coefficient (Wildman–Crippen LogP) is 5.29. The van der Waals surface area contributed by atoms with Gasteiger partial charge >= 0.3 is 0 Å². The summed E-state index contributed by atoms with van der Waals surface area (Å²) in [5, 5.41) is 13.2. The molecule has 0 bridgehead atoms. The Hall–Kier alpha value is -2.06. The molecule has 6 nitrogen and oxygen atoms in total. The van der Waals surface area contributed by atoms with Crippen molar-refractivity contribution in [1.82, 2.24) is 14.9 Å². The second kappa shape index (κ2) is 11.1. The van der Waals surface area contributed by atoms with E-state index in [1.54, 1.807) is 0 Å². The number of thiophene rings is 1. The molecule has 0 aliphatic rings. The van der Waals surface area contributed by atoms with Gasteiger partial charge in [0.25, 0.3) is 5.56 Å². The molecular formula is C27H39N3O3S. The summed E-state index contributed by atoms with van der Waals surface area (Å²) in [6.45, 7) is 16.5. The Kier molecular flexibility index (Phi) is 8.68. The van der Waals surface area contributed by atoms with Crippen LogP contribution >= 0.6 is 11.3 Å². The van der Waals surface area contributed by atoms with Crippen molar-refractivity contribution in [3.05, 3.63) is 50.9 Å². The maximum absolute atomic E-state index is 13.1. The van der Waals surface area contributed by atoms with E-state index >= 15 is 0 Å². The standard InChI is InChI=1S/C27H39N3O3S/c1-17(2)10-11-30(13-20(31)15-33-27(5,6)7)14-23-28-25(32)24-22(16-34-26(24)29-23)21-9-8-18(3)12-19(21)4/h8-9,12,16-17,20,31H,10-11,13-15H2,1-7H3,(H,28,29,32). The number of hydrogen-bond donors (Lipinski definition) is 2. The van der Waals surface area contributed by atoms with Crippen LogP contribution in [0.25, 0.3) is 21.3 Å². The van der Waals surface area contributed by atoms with Gasteiger partial charge in [-0.3, -0.25) is 9.69 Å². The number of aliphatic hydroxyl groups excluding tert-OH is 1. The lowest BCUT2D eigenvalue weighted by Crippen LogP contribution is -2.38. The Labute approximate surface area is 207 Å². The Bertz CT molecular complexity index is 1160.